The number of carboxylic acids is 2. The molecule has 2 aromatic heterocycles. The number of imidazole rings is 1. The molecule has 45 heavy (non-hydrogen) atoms. The quantitative estimate of drug-likeness (QED) is 0.223. The number of rotatable bonds is 6. The zero-order valence-corrected chi connectivity index (χ0v) is 24.1. The molecule has 250 valence electrons. The van der Waals surface area contributed by atoms with Crippen molar-refractivity contribution in [1.29, 1.82) is 0 Å². The third-order valence-electron chi connectivity index (χ3n) is 5.73. The number of benzene rings is 1. The molecule has 11 nitrogen and oxygen atoms in total. The maximum Gasteiger partial charge on any atom is 0.490 e. The molecule has 1 atom stereocenters. The summed E-state index contributed by atoms with van der Waals surface area (Å²) in [4.78, 5) is 34.6. The second kappa shape index (κ2) is 14.5. The second-order valence-electron chi connectivity index (χ2n) is 9.01. The Kier molecular flexibility index (Phi) is 12.1. The topological polar surface area (TPSA) is 154 Å². The number of aromatic amines is 1. The second-order valence-corrected chi connectivity index (χ2v) is 9.79. The minimum Gasteiger partial charge on any atom is -0.496 e. The van der Waals surface area contributed by atoms with Crippen LogP contribution in [0.25, 0.3) is 11.2 Å². The number of halogens is 11. The summed E-state index contributed by atoms with van der Waals surface area (Å²) in [6.45, 7) is 1.37. The van der Waals surface area contributed by atoms with Gasteiger partial charge in [0.05, 0.1) is 36.1 Å². The lowest BCUT2D eigenvalue weighted by Gasteiger charge is -2.41. The summed E-state index contributed by atoms with van der Waals surface area (Å²) in [5, 5.41) is 18.1. The molecule has 4 N–H and O–H groups in total. The number of nitrogens with one attached hydrogen (secondary N) is 2. The molecular weight excluding hydrogens is 682 g/mol. The van der Waals surface area contributed by atoms with Crippen molar-refractivity contribution in [1.82, 2.24) is 24.8 Å². The van der Waals surface area contributed by atoms with Gasteiger partial charge in [-0.2, -0.15) is 39.5 Å². The van der Waals surface area contributed by atoms with Crippen molar-refractivity contribution in [2.24, 2.45) is 0 Å². The van der Waals surface area contributed by atoms with Gasteiger partial charge < -0.3 is 25.3 Å². The van der Waals surface area contributed by atoms with Crippen LogP contribution in [0.4, 0.5) is 45.3 Å². The predicted molar refractivity (Wildman–Crippen MR) is 139 cm³/mol. The van der Waals surface area contributed by atoms with E-state index in [0.29, 0.717) is 43.9 Å². The SMILES string of the molecule is COc1c(C(C)Nc2ncnc3[nH]cnc23)cc(Cl)c(Cl)c1C1CN(CC(F)(F)F)C1.O=C(O)C(F)(F)F.O=C(O)C(F)(F)F. The number of anilines is 1. The first kappa shape index (κ1) is 37.4. The van der Waals surface area contributed by atoms with E-state index in [1.807, 2.05) is 6.92 Å². The largest absolute Gasteiger partial charge is 0.496 e. The van der Waals surface area contributed by atoms with Crippen LogP contribution in [-0.4, -0.2) is 92.3 Å². The molecule has 0 amide bonds. The van der Waals surface area contributed by atoms with Crippen molar-refractivity contribution in [2.75, 3.05) is 32.1 Å². The zero-order chi connectivity index (χ0) is 34.5. The van der Waals surface area contributed by atoms with E-state index in [0.717, 1.165) is 0 Å². The minimum absolute atomic E-state index is 0.216. The van der Waals surface area contributed by atoms with Crippen LogP contribution in [0, 0.1) is 0 Å². The first-order valence-corrected chi connectivity index (χ1v) is 12.7. The van der Waals surface area contributed by atoms with Gasteiger partial charge in [-0.05, 0) is 13.0 Å². The molecule has 1 aliphatic rings. The van der Waals surface area contributed by atoms with Crippen LogP contribution in [-0.2, 0) is 9.59 Å². The number of H-pyrrole nitrogens is 1. The highest BCUT2D eigenvalue weighted by Crippen LogP contribution is 2.46. The Labute approximate surface area is 256 Å². The summed E-state index contributed by atoms with van der Waals surface area (Å²) >= 11 is 12.8. The third kappa shape index (κ3) is 10.4. The number of fused-ring (bicyclic) bond motifs is 1. The average molecular weight is 703 g/mol. The Hall–Kier alpha value is -3.78. The number of carbonyl (C=O) groups is 2. The van der Waals surface area contributed by atoms with Gasteiger partial charge in [0.15, 0.2) is 11.5 Å². The first-order valence-electron chi connectivity index (χ1n) is 11.9. The van der Waals surface area contributed by atoms with Crippen LogP contribution in [0.5, 0.6) is 5.75 Å². The van der Waals surface area contributed by atoms with Crippen LogP contribution < -0.4 is 10.1 Å². The molecule has 0 bridgehead atoms. The van der Waals surface area contributed by atoms with Crippen LogP contribution in [0.2, 0.25) is 10.0 Å². The van der Waals surface area contributed by atoms with E-state index in [1.54, 1.807) is 6.07 Å². The number of methoxy groups -OCH3 is 1. The highest BCUT2D eigenvalue weighted by atomic mass is 35.5. The molecule has 4 rings (SSSR count). The number of ether oxygens (including phenoxy) is 1. The Bertz CT molecular complexity index is 1470. The number of aromatic nitrogens is 4. The fourth-order valence-corrected chi connectivity index (χ4v) is 4.37. The molecule has 1 saturated heterocycles. The van der Waals surface area contributed by atoms with Crippen molar-refractivity contribution < 1.29 is 64.1 Å². The number of alkyl halides is 9. The normalized spacial score (nSPS) is 14.8. The third-order valence-corrected chi connectivity index (χ3v) is 6.53. The van der Waals surface area contributed by atoms with Crippen molar-refractivity contribution in [3.8, 4) is 5.75 Å². The smallest absolute Gasteiger partial charge is 0.490 e. The number of likely N-dealkylation sites (tertiary alicyclic amines) is 1. The highest BCUT2D eigenvalue weighted by molar-refractivity contribution is 6.42. The van der Waals surface area contributed by atoms with Crippen molar-refractivity contribution >= 4 is 52.1 Å². The summed E-state index contributed by atoms with van der Waals surface area (Å²) in [5.74, 6) is -4.71. The maximum absolute atomic E-state index is 12.7. The number of hydrogen-bond acceptors (Lipinski definition) is 8. The van der Waals surface area contributed by atoms with Crippen LogP contribution in [0.3, 0.4) is 0 Å². The van der Waals surface area contributed by atoms with Crippen molar-refractivity contribution in [3.63, 3.8) is 0 Å². The van der Waals surface area contributed by atoms with E-state index in [2.05, 4.69) is 25.3 Å². The number of carboxylic acid groups (broad SMARTS) is 2. The monoisotopic (exact) mass is 702 g/mol. The number of aliphatic carboxylic acids is 2. The Morgan fingerprint density at radius 3 is 2.04 bits per heavy atom. The lowest BCUT2D eigenvalue weighted by Crippen LogP contribution is -2.49. The summed E-state index contributed by atoms with van der Waals surface area (Å²) in [6, 6.07) is 1.38. The van der Waals surface area contributed by atoms with Gasteiger partial charge in [0.25, 0.3) is 0 Å². The molecule has 3 aromatic rings. The van der Waals surface area contributed by atoms with Gasteiger partial charge in [-0.25, -0.2) is 24.5 Å². The van der Waals surface area contributed by atoms with E-state index in [9.17, 15) is 39.5 Å². The van der Waals surface area contributed by atoms with Gasteiger partial charge in [-0.15, -0.1) is 0 Å². The van der Waals surface area contributed by atoms with Crippen molar-refractivity contribution in [3.05, 3.63) is 39.9 Å². The summed E-state index contributed by atoms with van der Waals surface area (Å²) < 4.78 is 107. The van der Waals surface area contributed by atoms with Gasteiger partial charge in [-0.1, -0.05) is 23.2 Å². The molecule has 0 radical (unpaired) electrons. The standard InChI is InChI=1S/C19H19Cl2F3N6O.2C2HF3O2/c1-9(29-18-15-17(26-7-25-15)27-8-28-18)11-3-12(20)14(21)13(16(11)31-2)10-4-30(5-10)6-19(22,23)24;2*3-2(4,5)1(6)7/h3,7-10H,4-6H2,1-2H3,(H2,25,26,27,28,29);2*(H,6,7). The molecule has 0 saturated carbocycles. The molecule has 1 aromatic carbocycles. The van der Waals surface area contributed by atoms with Gasteiger partial charge in [0, 0.05) is 30.1 Å². The van der Waals surface area contributed by atoms with Gasteiger partial charge >= 0.3 is 30.5 Å². The maximum atomic E-state index is 12.7. The summed E-state index contributed by atoms with van der Waals surface area (Å²) in [6.07, 6.45) is -11.5. The van der Waals surface area contributed by atoms with E-state index < -0.39 is 37.0 Å². The lowest BCUT2D eigenvalue weighted by molar-refractivity contribution is -0.193. The highest BCUT2D eigenvalue weighted by Gasteiger charge is 2.41. The fourth-order valence-electron chi connectivity index (χ4n) is 3.85. The molecule has 22 heteroatoms. The van der Waals surface area contributed by atoms with E-state index in [-0.39, 0.29) is 25.0 Å². The average Bonchev–Trinajstić information content (AvgIpc) is 3.36. The Morgan fingerprint density at radius 1 is 1.04 bits per heavy atom. The molecule has 3 heterocycles. The van der Waals surface area contributed by atoms with E-state index >= 15 is 0 Å². The predicted octanol–water partition coefficient (Wildman–Crippen LogP) is 6.07. The van der Waals surface area contributed by atoms with Crippen LogP contribution in [0.1, 0.15) is 30.0 Å². The van der Waals surface area contributed by atoms with Gasteiger partial charge in [-0.3, -0.25) is 4.90 Å². The Morgan fingerprint density at radius 2 is 1.58 bits per heavy atom. The molecule has 1 fully saturated rings. The van der Waals surface area contributed by atoms with Gasteiger partial charge in [0.2, 0.25) is 0 Å². The van der Waals surface area contributed by atoms with Gasteiger partial charge in [0.1, 0.15) is 17.6 Å². The number of hydrogen-bond donors (Lipinski definition) is 4. The van der Waals surface area contributed by atoms with Crippen LogP contribution >= 0.6 is 23.2 Å². The first-order chi connectivity index (χ1) is 20.6. The zero-order valence-electron chi connectivity index (χ0n) is 22.6. The molecule has 1 unspecified atom stereocenters. The summed E-state index contributed by atoms with van der Waals surface area (Å²) in [5.41, 5.74) is 2.50. The van der Waals surface area contributed by atoms with Crippen LogP contribution in [0.15, 0.2) is 18.7 Å². The van der Waals surface area contributed by atoms with Crippen molar-refractivity contribution in [2.45, 2.75) is 37.4 Å². The van der Waals surface area contributed by atoms with E-state index in [4.69, 9.17) is 47.7 Å². The number of nitrogens with zero attached hydrogens (tertiary/aromatic N) is 4. The lowest BCUT2D eigenvalue weighted by atomic mass is 9.88. The minimum atomic E-state index is -5.08. The Balaban J connectivity index is 0.000000421. The molecule has 0 spiro atoms. The molecule has 0 aliphatic carbocycles. The molecular formula is C23H21Cl2F9N6O5. The summed E-state index contributed by atoms with van der Waals surface area (Å²) in [7, 11) is 1.50. The molecule has 1 aliphatic heterocycles. The fraction of sp³-hybridized carbons (Fsp3) is 0.435. The van der Waals surface area contributed by atoms with E-state index in [1.165, 1.54) is 24.7 Å².